The molecule has 0 radical (unpaired) electrons. The number of methoxy groups -OCH3 is 1. The Morgan fingerprint density at radius 3 is 2.59 bits per heavy atom. The van der Waals surface area contributed by atoms with Crippen molar-refractivity contribution in [3.05, 3.63) is 24.3 Å². The molecule has 1 aromatic carbocycles. The monoisotopic (exact) mass is 234 g/mol. The first-order valence-corrected chi connectivity index (χ1v) is 6.29. The molecule has 1 heterocycles. The van der Waals surface area contributed by atoms with E-state index in [-0.39, 0.29) is 0 Å². The standard InChI is InChI=1S/C14H22N2O/c1-11-12(8-9-15-11)10-16(2)13-4-6-14(17-3)7-5-13/h4-7,11-12,15H,8-10H2,1-3H3. The largest absolute Gasteiger partial charge is 0.497 e. The number of ether oxygens (including phenoxy) is 1. The van der Waals surface area contributed by atoms with Gasteiger partial charge in [-0.3, -0.25) is 0 Å². The highest BCUT2D eigenvalue weighted by Gasteiger charge is 2.23. The molecule has 1 aromatic rings. The van der Waals surface area contributed by atoms with Gasteiger partial charge in [-0.1, -0.05) is 0 Å². The SMILES string of the molecule is COc1ccc(N(C)CC2CCNC2C)cc1. The molecule has 94 valence electrons. The van der Waals surface area contributed by atoms with Gasteiger partial charge in [0.15, 0.2) is 0 Å². The average Bonchev–Trinajstić information content (AvgIpc) is 2.75. The van der Waals surface area contributed by atoms with Crippen LogP contribution in [0.1, 0.15) is 13.3 Å². The second kappa shape index (κ2) is 5.41. The third kappa shape index (κ3) is 2.91. The van der Waals surface area contributed by atoms with Crippen molar-refractivity contribution >= 4 is 5.69 Å². The lowest BCUT2D eigenvalue weighted by molar-refractivity contribution is 0.414. The number of anilines is 1. The van der Waals surface area contributed by atoms with E-state index in [1.807, 2.05) is 12.1 Å². The molecule has 0 amide bonds. The minimum absolute atomic E-state index is 0.635. The zero-order valence-corrected chi connectivity index (χ0v) is 10.9. The lowest BCUT2D eigenvalue weighted by Crippen LogP contribution is -2.32. The Morgan fingerprint density at radius 1 is 1.35 bits per heavy atom. The van der Waals surface area contributed by atoms with Crippen LogP contribution in [-0.4, -0.2) is 33.3 Å². The van der Waals surface area contributed by atoms with Gasteiger partial charge in [0.2, 0.25) is 0 Å². The quantitative estimate of drug-likeness (QED) is 0.863. The molecule has 0 saturated carbocycles. The molecule has 0 bridgehead atoms. The summed E-state index contributed by atoms with van der Waals surface area (Å²) in [6, 6.07) is 8.90. The molecular weight excluding hydrogens is 212 g/mol. The first kappa shape index (κ1) is 12.2. The van der Waals surface area contributed by atoms with Crippen LogP contribution in [0.5, 0.6) is 5.75 Å². The van der Waals surface area contributed by atoms with Crippen molar-refractivity contribution in [3.8, 4) is 5.75 Å². The van der Waals surface area contributed by atoms with Gasteiger partial charge in [0.05, 0.1) is 7.11 Å². The summed E-state index contributed by atoms with van der Waals surface area (Å²) in [6.45, 7) is 4.54. The summed E-state index contributed by atoms with van der Waals surface area (Å²) in [4.78, 5) is 2.33. The fourth-order valence-corrected chi connectivity index (χ4v) is 2.46. The fraction of sp³-hybridized carbons (Fsp3) is 0.571. The first-order chi connectivity index (χ1) is 8.20. The molecule has 1 aliphatic rings. The lowest BCUT2D eigenvalue weighted by atomic mass is 10.0. The lowest BCUT2D eigenvalue weighted by Gasteiger charge is -2.25. The molecule has 2 atom stereocenters. The van der Waals surface area contributed by atoms with E-state index in [1.54, 1.807) is 7.11 Å². The van der Waals surface area contributed by atoms with E-state index in [0.29, 0.717) is 6.04 Å². The van der Waals surface area contributed by atoms with Gasteiger partial charge in [0, 0.05) is 25.3 Å². The summed E-state index contributed by atoms with van der Waals surface area (Å²) in [7, 11) is 3.86. The molecule has 1 aliphatic heterocycles. The van der Waals surface area contributed by atoms with Crippen molar-refractivity contribution in [3.63, 3.8) is 0 Å². The van der Waals surface area contributed by atoms with Crippen LogP contribution >= 0.6 is 0 Å². The number of nitrogens with one attached hydrogen (secondary N) is 1. The molecule has 3 nitrogen and oxygen atoms in total. The summed E-state index contributed by atoms with van der Waals surface area (Å²) in [5.41, 5.74) is 1.25. The molecule has 1 saturated heterocycles. The van der Waals surface area contributed by atoms with Gasteiger partial charge in [-0.05, 0) is 50.1 Å². The molecule has 0 spiro atoms. The molecule has 2 rings (SSSR count). The molecule has 1 N–H and O–H groups in total. The Balaban J connectivity index is 1.96. The second-order valence-electron chi connectivity index (χ2n) is 4.87. The summed E-state index contributed by atoms with van der Waals surface area (Å²) < 4.78 is 5.17. The van der Waals surface area contributed by atoms with Crippen LogP contribution in [0.2, 0.25) is 0 Å². The molecule has 3 heteroatoms. The van der Waals surface area contributed by atoms with E-state index in [9.17, 15) is 0 Å². The van der Waals surface area contributed by atoms with Crippen LogP contribution in [0.4, 0.5) is 5.69 Å². The predicted octanol–water partition coefficient (Wildman–Crippen LogP) is 2.13. The van der Waals surface area contributed by atoms with Crippen molar-refractivity contribution in [2.45, 2.75) is 19.4 Å². The fourth-order valence-electron chi connectivity index (χ4n) is 2.46. The van der Waals surface area contributed by atoms with Gasteiger partial charge in [0.1, 0.15) is 5.75 Å². The molecule has 0 aliphatic carbocycles. The highest BCUT2D eigenvalue weighted by atomic mass is 16.5. The highest BCUT2D eigenvalue weighted by Crippen LogP contribution is 2.22. The third-order valence-corrected chi connectivity index (χ3v) is 3.71. The zero-order chi connectivity index (χ0) is 12.3. The summed E-state index contributed by atoms with van der Waals surface area (Å²) in [5, 5.41) is 3.50. The molecule has 1 fully saturated rings. The van der Waals surface area contributed by atoms with Crippen LogP contribution in [0.25, 0.3) is 0 Å². The van der Waals surface area contributed by atoms with E-state index >= 15 is 0 Å². The smallest absolute Gasteiger partial charge is 0.119 e. The highest BCUT2D eigenvalue weighted by molar-refractivity contribution is 5.48. The maximum Gasteiger partial charge on any atom is 0.119 e. The van der Waals surface area contributed by atoms with E-state index in [1.165, 1.54) is 12.1 Å². The van der Waals surface area contributed by atoms with E-state index in [0.717, 1.165) is 24.8 Å². The minimum Gasteiger partial charge on any atom is -0.497 e. The maximum absolute atomic E-state index is 5.17. The van der Waals surface area contributed by atoms with Crippen LogP contribution < -0.4 is 15.0 Å². The van der Waals surface area contributed by atoms with Crippen molar-refractivity contribution in [2.75, 3.05) is 32.1 Å². The van der Waals surface area contributed by atoms with Gasteiger partial charge in [-0.2, -0.15) is 0 Å². The van der Waals surface area contributed by atoms with Crippen LogP contribution in [0.3, 0.4) is 0 Å². The van der Waals surface area contributed by atoms with Crippen molar-refractivity contribution in [1.82, 2.24) is 5.32 Å². The maximum atomic E-state index is 5.17. The van der Waals surface area contributed by atoms with E-state index in [2.05, 4.69) is 36.3 Å². The minimum atomic E-state index is 0.635. The zero-order valence-electron chi connectivity index (χ0n) is 10.9. The van der Waals surface area contributed by atoms with Crippen LogP contribution in [-0.2, 0) is 0 Å². The summed E-state index contributed by atoms with van der Waals surface area (Å²) in [5.74, 6) is 1.67. The predicted molar refractivity (Wildman–Crippen MR) is 71.8 cm³/mol. The topological polar surface area (TPSA) is 24.5 Å². The molecule has 17 heavy (non-hydrogen) atoms. The van der Waals surface area contributed by atoms with Gasteiger partial charge in [-0.25, -0.2) is 0 Å². The number of nitrogens with zero attached hydrogens (tertiary/aromatic N) is 1. The Hall–Kier alpha value is -1.22. The van der Waals surface area contributed by atoms with E-state index in [4.69, 9.17) is 4.74 Å². The first-order valence-electron chi connectivity index (χ1n) is 6.29. The second-order valence-corrected chi connectivity index (χ2v) is 4.87. The summed E-state index contributed by atoms with van der Waals surface area (Å²) in [6.07, 6.45) is 1.28. The Bertz CT molecular complexity index is 350. The van der Waals surface area contributed by atoms with Gasteiger partial charge >= 0.3 is 0 Å². The van der Waals surface area contributed by atoms with Crippen molar-refractivity contribution in [1.29, 1.82) is 0 Å². The number of benzene rings is 1. The van der Waals surface area contributed by atoms with Gasteiger partial charge in [0.25, 0.3) is 0 Å². The molecule has 2 unspecified atom stereocenters. The normalized spacial score (nSPS) is 23.7. The van der Waals surface area contributed by atoms with E-state index < -0.39 is 0 Å². The van der Waals surface area contributed by atoms with Crippen LogP contribution in [0, 0.1) is 5.92 Å². The summed E-state index contributed by atoms with van der Waals surface area (Å²) >= 11 is 0. The van der Waals surface area contributed by atoms with Gasteiger partial charge < -0.3 is 15.0 Å². The van der Waals surface area contributed by atoms with Crippen molar-refractivity contribution < 1.29 is 4.74 Å². The molecular formula is C14H22N2O. The Morgan fingerprint density at radius 2 is 2.06 bits per heavy atom. The number of rotatable bonds is 4. The molecule has 0 aromatic heterocycles. The number of hydrogen-bond donors (Lipinski definition) is 1. The van der Waals surface area contributed by atoms with Gasteiger partial charge in [-0.15, -0.1) is 0 Å². The number of hydrogen-bond acceptors (Lipinski definition) is 3. The Kier molecular flexibility index (Phi) is 3.89. The third-order valence-electron chi connectivity index (χ3n) is 3.71. The van der Waals surface area contributed by atoms with Crippen molar-refractivity contribution in [2.24, 2.45) is 5.92 Å². The Labute approximate surface area is 104 Å². The van der Waals surface area contributed by atoms with Crippen LogP contribution in [0.15, 0.2) is 24.3 Å². The average molecular weight is 234 g/mol.